The van der Waals surface area contributed by atoms with Crippen molar-refractivity contribution in [2.24, 2.45) is 0 Å². The minimum Gasteiger partial charge on any atom is -0.508 e. The van der Waals surface area contributed by atoms with E-state index in [2.05, 4.69) is 59.9 Å². The molecule has 0 heterocycles. The van der Waals surface area contributed by atoms with Crippen LogP contribution in [0.25, 0.3) is 0 Å². The maximum atomic E-state index is 10.1. The van der Waals surface area contributed by atoms with Gasteiger partial charge in [0, 0.05) is 43.0 Å². The van der Waals surface area contributed by atoms with Crippen molar-refractivity contribution in [1.29, 1.82) is 0 Å². The first-order valence-electron chi connectivity index (χ1n) is 11.6. The summed E-state index contributed by atoms with van der Waals surface area (Å²) >= 11 is 0. The molecule has 0 radical (unpaired) electrons. The van der Waals surface area contributed by atoms with Gasteiger partial charge in [0.05, 0.1) is 7.11 Å². The standard InChI is InChI=1S/C28H33NO3/c1-3-32-17-7-16-29-22-11-14-26(27(19-22)31-2)28-24(20-8-5-4-6-9-20)13-10-21-18-23(30)12-15-25(21)28/h4-6,8-9,11-12,14-15,18-19,24,28-30H,3,7,10,13,16-17H2,1-2H3. The minimum atomic E-state index is 0.170. The molecule has 3 aromatic rings. The summed E-state index contributed by atoms with van der Waals surface area (Å²) < 4.78 is 11.3. The van der Waals surface area contributed by atoms with E-state index in [-0.39, 0.29) is 5.92 Å². The molecule has 4 nitrogen and oxygen atoms in total. The minimum absolute atomic E-state index is 0.170. The zero-order chi connectivity index (χ0) is 22.3. The van der Waals surface area contributed by atoms with E-state index in [1.54, 1.807) is 13.2 Å². The van der Waals surface area contributed by atoms with Crippen LogP contribution >= 0.6 is 0 Å². The molecule has 2 atom stereocenters. The largest absolute Gasteiger partial charge is 0.508 e. The van der Waals surface area contributed by atoms with Crippen LogP contribution in [0.15, 0.2) is 66.7 Å². The SMILES string of the molecule is CCOCCCNc1ccc(C2c3ccc(O)cc3CCC2c2ccccc2)c(OC)c1. The van der Waals surface area contributed by atoms with Crippen LogP contribution < -0.4 is 10.1 Å². The van der Waals surface area contributed by atoms with Gasteiger partial charge in [-0.1, -0.05) is 42.5 Å². The molecule has 3 aromatic carbocycles. The second-order valence-corrected chi connectivity index (χ2v) is 8.35. The van der Waals surface area contributed by atoms with Gasteiger partial charge in [0.2, 0.25) is 0 Å². The molecule has 0 fully saturated rings. The van der Waals surface area contributed by atoms with Gasteiger partial charge < -0.3 is 19.9 Å². The van der Waals surface area contributed by atoms with Crippen LogP contribution in [-0.2, 0) is 11.2 Å². The molecule has 4 heteroatoms. The molecule has 0 bridgehead atoms. The Morgan fingerprint density at radius 2 is 1.81 bits per heavy atom. The Bertz CT molecular complexity index is 1020. The summed E-state index contributed by atoms with van der Waals surface area (Å²) in [7, 11) is 1.75. The summed E-state index contributed by atoms with van der Waals surface area (Å²) in [5.41, 5.74) is 6.09. The second-order valence-electron chi connectivity index (χ2n) is 8.35. The van der Waals surface area contributed by atoms with Crippen molar-refractivity contribution in [3.8, 4) is 11.5 Å². The van der Waals surface area contributed by atoms with Gasteiger partial charge in [-0.3, -0.25) is 0 Å². The first-order chi connectivity index (χ1) is 15.7. The van der Waals surface area contributed by atoms with Crippen molar-refractivity contribution in [3.05, 3.63) is 89.0 Å². The predicted octanol–water partition coefficient (Wildman–Crippen LogP) is 6.10. The van der Waals surface area contributed by atoms with E-state index in [9.17, 15) is 5.11 Å². The topological polar surface area (TPSA) is 50.7 Å². The lowest BCUT2D eigenvalue weighted by Gasteiger charge is -2.35. The molecule has 2 N–H and O–H groups in total. The van der Waals surface area contributed by atoms with Crippen molar-refractivity contribution in [3.63, 3.8) is 0 Å². The summed E-state index contributed by atoms with van der Waals surface area (Å²) in [6.45, 7) is 4.40. The van der Waals surface area contributed by atoms with E-state index in [1.807, 2.05) is 13.0 Å². The third kappa shape index (κ3) is 4.91. The van der Waals surface area contributed by atoms with Crippen LogP contribution in [0.1, 0.15) is 53.9 Å². The first kappa shape index (κ1) is 22.2. The highest BCUT2D eigenvalue weighted by molar-refractivity contribution is 5.57. The Labute approximate surface area is 191 Å². The number of benzene rings is 3. The molecule has 0 aliphatic heterocycles. The molecule has 1 aliphatic carbocycles. The maximum Gasteiger partial charge on any atom is 0.124 e. The third-order valence-corrected chi connectivity index (χ3v) is 6.38. The summed E-state index contributed by atoms with van der Waals surface area (Å²) in [6, 6.07) is 23.0. The van der Waals surface area contributed by atoms with Gasteiger partial charge in [-0.05, 0) is 67.0 Å². The predicted molar refractivity (Wildman–Crippen MR) is 130 cm³/mol. The van der Waals surface area contributed by atoms with E-state index >= 15 is 0 Å². The summed E-state index contributed by atoms with van der Waals surface area (Å²) in [5.74, 6) is 1.75. The van der Waals surface area contributed by atoms with Crippen molar-refractivity contribution in [2.75, 3.05) is 32.2 Å². The number of rotatable bonds is 9. The van der Waals surface area contributed by atoms with E-state index in [4.69, 9.17) is 9.47 Å². The molecular formula is C28H33NO3. The quantitative estimate of drug-likeness (QED) is 0.402. The molecule has 168 valence electrons. The van der Waals surface area contributed by atoms with Crippen molar-refractivity contribution < 1.29 is 14.6 Å². The number of aromatic hydroxyl groups is 1. The molecule has 32 heavy (non-hydrogen) atoms. The highest BCUT2D eigenvalue weighted by Crippen LogP contribution is 2.49. The molecule has 0 saturated carbocycles. The molecule has 0 amide bonds. The number of methoxy groups -OCH3 is 1. The van der Waals surface area contributed by atoms with E-state index < -0.39 is 0 Å². The fourth-order valence-electron chi connectivity index (χ4n) is 4.88. The van der Waals surface area contributed by atoms with Crippen molar-refractivity contribution in [1.82, 2.24) is 0 Å². The van der Waals surface area contributed by atoms with Crippen molar-refractivity contribution >= 4 is 5.69 Å². The van der Waals surface area contributed by atoms with Crippen molar-refractivity contribution in [2.45, 2.75) is 38.0 Å². The van der Waals surface area contributed by atoms with Gasteiger partial charge >= 0.3 is 0 Å². The number of anilines is 1. The normalized spacial score (nSPS) is 17.6. The number of fused-ring (bicyclic) bond motifs is 1. The molecule has 4 rings (SSSR count). The lowest BCUT2D eigenvalue weighted by molar-refractivity contribution is 0.147. The third-order valence-electron chi connectivity index (χ3n) is 6.38. The Morgan fingerprint density at radius 1 is 1.00 bits per heavy atom. The summed E-state index contributed by atoms with van der Waals surface area (Å²) in [6.07, 6.45) is 2.96. The zero-order valence-electron chi connectivity index (χ0n) is 19.0. The number of hydrogen-bond donors (Lipinski definition) is 2. The van der Waals surface area contributed by atoms with Gasteiger partial charge in [0.1, 0.15) is 11.5 Å². The number of phenols is 1. The van der Waals surface area contributed by atoms with Crippen LogP contribution in [0.2, 0.25) is 0 Å². The molecule has 1 aliphatic rings. The van der Waals surface area contributed by atoms with E-state index in [1.165, 1.54) is 22.3 Å². The first-order valence-corrected chi connectivity index (χ1v) is 11.6. The fraction of sp³-hybridized carbons (Fsp3) is 0.357. The van der Waals surface area contributed by atoms with Crippen LogP contribution in [0.4, 0.5) is 5.69 Å². The van der Waals surface area contributed by atoms with Crippen LogP contribution in [0.3, 0.4) is 0 Å². The van der Waals surface area contributed by atoms with Crippen LogP contribution in [-0.4, -0.2) is 32.0 Å². The summed E-state index contributed by atoms with van der Waals surface area (Å²) in [5, 5.41) is 13.5. The number of phenolic OH excluding ortho intramolecular Hbond substituents is 1. The van der Waals surface area contributed by atoms with Crippen LogP contribution in [0, 0.1) is 0 Å². The van der Waals surface area contributed by atoms with E-state index in [0.717, 1.165) is 50.5 Å². The Kier molecular flexibility index (Phi) is 7.33. The lowest BCUT2D eigenvalue weighted by atomic mass is 9.69. The Morgan fingerprint density at radius 3 is 2.59 bits per heavy atom. The number of nitrogens with one attached hydrogen (secondary N) is 1. The van der Waals surface area contributed by atoms with Gasteiger partial charge in [-0.2, -0.15) is 0 Å². The fourth-order valence-corrected chi connectivity index (χ4v) is 4.88. The molecular weight excluding hydrogens is 398 g/mol. The molecule has 0 aromatic heterocycles. The molecule has 0 saturated heterocycles. The average molecular weight is 432 g/mol. The number of ether oxygens (including phenoxy) is 2. The highest BCUT2D eigenvalue weighted by atomic mass is 16.5. The Balaban J connectivity index is 1.68. The van der Waals surface area contributed by atoms with Gasteiger partial charge in [0.15, 0.2) is 0 Å². The second kappa shape index (κ2) is 10.6. The number of aryl methyl sites for hydroxylation is 1. The van der Waals surface area contributed by atoms with Gasteiger partial charge in [0.25, 0.3) is 0 Å². The summed E-state index contributed by atoms with van der Waals surface area (Å²) in [4.78, 5) is 0. The number of hydrogen-bond acceptors (Lipinski definition) is 4. The van der Waals surface area contributed by atoms with E-state index in [0.29, 0.717) is 11.7 Å². The van der Waals surface area contributed by atoms with Gasteiger partial charge in [-0.15, -0.1) is 0 Å². The average Bonchev–Trinajstić information content (AvgIpc) is 2.83. The smallest absolute Gasteiger partial charge is 0.124 e. The zero-order valence-corrected chi connectivity index (χ0v) is 19.0. The monoisotopic (exact) mass is 431 g/mol. The lowest BCUT2D eigenvalue weighted by Crippen LogP contribution is -2.21. The molecule has 0 spiro atoms. The molecule has 2 unspecified atom stereocenters. The van der Waals surface area contributed by atoms with Crippen LogP contribution in [0.5, 0.6) is 11.5 Å². The Hall–Kier alpha value is -2.98. The van der Waals surface area contributed by atoms with Gasteiger partial charge in [-0.25, -0.2) is 0 Å². The maximum absolute atomic E-state index is 10.1. The highest BCUT2D eigenvalue weighted by Gasteiger charge is 2.33.